The van der Waals surface area contributed by atoms with Crippen LogP contribution in [0.1, 0.15) is 150 Å². The first-order valence-electron chi connectivity index (χ1n) is 31.8. The SMILES string of the molecule is C=Cc1ccc(-c2cccc(C(N)=O)c2)cc1.CC(=O)c1ccc(C(N)=O)cc1.Cc1ccc(C(N)=O)cc1.Cc1ccc(C(N)=O)cc1.NC(=O)Cc1ccccc1.NC(=O)c1cccc([N+](=O)[O-])c1.NC(=O)c1ccccc1.NC(=O)c1ccccn1.NC(=O)c1cscn1.O=C1CC(=O)c2ccccc21. The first-order valence-corrected chi connectivity index (χ1v) is 32.8. The van der Waals surface area contributed by atoms with Crippen molar-refractivity contribution in [3.8, 4) is 11.1 Å². The third-order valence-corrected chi connectivity index (χ3v) is 14.5. The Morgan fingerprint density at radius 1 is 0.426 bits per heavy atom. The normalized spacial score (nSPS) is 9.92. The number of pyridine rings is 1. The summed E-state index contributed by atoms with van der Waals surface area (Å²) in [6.45, 7) is 9.11. The molecule has 27 heteroatoms. The van der Waals surface area contributed by atoms with Crippen LogP contribution in [0.25, 0.3) is 17.2 Å². The average Bonchev–Trinajstić information content (AvgIpc) is 1.62. The van der Waals surface area contributed by atoms with Crippen LogP contribution < -0.4 is 51.6 Å². The zero-order valence-corrected chi connectivity index (χ0v) is 59.6. The molecule has 0 aliphatic heterocycles. The highest BCUT2D eigenvalue weighted by molar-refractivity contribution is 7.07. The van der Waals surface area contributed by atoms with Crippen LogP contribution in [0.4, 0.5) is 5.69 Å². The van der Waals surface area contributed by atoms with E-state index in [1.807, 2.05) is 111 Å². The monoisotopic (exact) mass is 1470 g/mol. The second-order valence-corrected chi connectivity index (χ2v) is 22.9. The third kappa shape index (κ3) is 33.3. The predicted octanol–water partition coefficient (Wildman–Crippen LogP) is 10.3. The molecule has 108 heavy (non-hydrogen) atoms. The van der Waals surface area contributed by atoms with Crippen molar-refractivity contribution in [2.75, 3.05) is 0 Å². The standard InChI is InChI=1S/C15H13NO.C9H9NO2.C9H6O2.3C8H9NO.C7H6N2O3.C7H7NO.C6H6N2O.C4H4N2OS/c1-2-11-6-8-12(9-7-11)13-4-3-5-14(10-13)15(16)17;1-6(11)7-2-4-8(5-3-7)9(10)12;10-8-5-9(11)7-4-2-1-3-6(7)8;2*1-6-2-4-7(5-3-6)8(9)10;9-8(10)6-7-4-2-1-3-5-7;8-7(10)5-2-1-3-6(4-5)9(11)12;8-7(9)6-4-2-1-3-5-6;7-6(9)5-3-1-2-4-8-5;5-4(7)3-1-8-2-6-3/h2-10H,1H2,(H2,16,17);2-5H,1H3,(H2,10,12);1-4H,5H2;2*2-5H,1H3,(H2,9,10);1-5H,6H2,(H2,9,10);1-4H,(H2,8,10);1-5H,(H2,8,9);1-4H,(H2,7,9);1-2H,(H2,5,7). The van der Waals surface area contributed by atoms with Gasteiger partial charge in [-0.05, 0) is 122 Å². The number of Topliss-reactive ketones (excluding diaryl/α,β-unsaturated/α-hetero) is 3. The minimum atomic E-state index is -0.668. The van der Waals surface area contributed by atoms with Crippen LogP contribution in [0.15, 0.2) is 272 Å². The summed E-state index contributed by atoms with van der Waals surface area (Å²) in [5.74, 6) is -4.05. The third-order valence-electron chi connectivity index (χ3n) is 13.9. The van der Waals surface area contributed by atoms with Crippen LogP contribution >= 0.6 is 11.3 Å². The molecule has 11 aromatic rings. The van der Waals surface area contributed by atoms with Crippen molar-refractivity contribution in [1.29, 1.82) is 0 Å². The van der Waals surface area contributed by atoms with Gasteiger partial charge in [0, 0.05) is 73.8 Å². The number of primary amides is 9. The number of fused-ring (bicyclic) bond motifs is 1. The maximum atomic E-state index is 11.1. The lowest BCUT2D eigenvalue weighted by molar-refractivity contribution is -0.384. The van der Waals surface area contributed by atoms with E-state index in [4.69, 9.17) is 51.6 Å². The maximum absolute atomic E-state index is 11.1. The second-order valence-electron chi connectivity index (χ2n) is 22.1. The van der Waals surface area contributed by atoms with Gasteiger partial charge in [-0.1, -0.05) is 182 Å². The molecule has 2 aromatic heterocycles. The Bertz CT molecular complexity index is 4660. The lowest BCUT2D eigenvalue weighted by atomic mass is 10.0. The molecule has 0 radical (unpaired) electrons. The molecule has 1 aliphatic carbocycles. The summed E-state index contributed by atoms with van der Waals surface area (Å²) in [5.41, 5.74) is 57.9. The molecule has 0 saturated carbocycles. The number of nitro groups is 1. The van der Waals surface area contributed by atoms with Gasteiger partial charge < -0.3 is 51.6 Å². The summed E-state index contributed by atoms with van der Waals surface area (Å²) >= 11 is 1.36. The number of benzene rings is 9. The summed E-state index contributed by atoms with van der Waals surface area (Å²) in [4.78, 5) is 145. The number of aryl methyl sites for hydroxylation is 2. The highest BCUT2D eigenvalue weighted by Gasteiger charge is 2.26. The van der Waals surface area contributed by atoms with E-state index in [0.29, 0.717) is 62.3 Å². The summed E-state index contributed by atoms with van der Waals surface area (Å²) in [5, 5.41) is 11.8. The van der Waals surface area contributed by atoms with E-state index >= 15 is 0 Å². The van der Waals surface area contributed by atoms with E-state index in [1.54, 1.807) is 144 Å². The van der Waals surface area contributed by atoms with Crippen LogP contribution in [0, 0.1) is 24.0 Å². The average molecular weight is 1480 g/mol. The highest BCUT2D eigenvalue weighted by atomic mass is 32.1. The van der Waals surface area contributed by atoms with Crippen molar-refractivity contribution in [3.05, 3.63) is 366 Å². The Balaban J connectivity index is 0.000000313. The molecule has 9 amide bonds. The number of amides is 9. The number of rotatable bonds is 14. The topological polar surface area (TPSA) is 508 Å². The van der Waals surface area contributed by atoms with Crippen molar-refractivity contribution in [3.63, 3.8) is 0 Å². The first-order chi connectivity index (χ1) is 51.3. The molecule has 0 fully saturated rings. The Morgan fingerprint density at radius 3 is 1.19 bits per heavy atom. The predicted molar refractivity (Wildman–Crippen MR) is 414 cm³/mol. The fourth-order valence-electron chi connectivity index (χ4n) is 8.29. The minimum absolute atomic E-state index is 0.0222. The van der Waals surface area contributed by atoms with Crippen LogP contribution in [0.2, 0.25) is 0 Å². The van der Waals surface area contributed by atoms with Crippen LogP contribution in [-0.4, -0.2) is 85.4 Å². The summed E-state index contributed by atoms with van der Waals surface area (Å²) in [6.07, 6.45) is 3.71. The van der Waals surface area contributed by atoms with Gasteiger partial charge in [-0.25, -0.2) is 4.98 Å². The molecule has 12 rings (SSSR count). The van der Waals surface area contributed by atoms with E-state index in [2.05, 4.69) is 16.5 Å². The molecule has 0 bridgehead atoms. The fourth-order valence-corrected chi connectivity index (χ4v) is 8.83. The molecule has 552 valence electrons. The van der Waals surface area contributed by atoms with Crippen molar-refractivity contribution in [1.82, 2.24) is 9.97 Å². The molecule has 1 aliphatic rings. The van der Waals surface area contributed by atoms with E-state index in [-0.39, 0.29) is 58.7 Å². The van der Waals surface area contributed by atoms with Gasteiger partial charge in [0.05, 0.1) is 23.3 Å². The highest BCUT2D eigenvalue weighted by Crippen LogP contribution is 2.23. The first kappa shape index (κ1) is 87.4. The molecule has 0 spiro atoms. The van der Waals surface area contributed by atoms with E-state index in [0.717, 1.165) is 39.4 Å². The largest absolute Gasteiger partial charge is 0.369 e. The number of ketones is 3. The number of nitrogens with zero attached hydrogens (tertiary/aromatic N) is 3. The van der Waals surface area contributed by atoms with E-state index in [1.165, 1.54) is 42.7 Å². The van der Waals surface area contributed by atoms with Gasteiger partial charge in [0.25, 0.3) is 17.5 Å². The number of thiazole rings is 1. The Labute approximate surface area is 625 Å². The molecule has 2 heterocycles. The van der Waals surface area contributed by atoms with E-state index < -0.39 is 34.5 Å². The van der Waals surface area contributed by atoms with Crippen molar-refractivity contribution < 1.29 is 62.5 Å². The molecule has 0 unspecified atom stereocenters. The fraction of sp³-hybridized carbons (Fsp3) is 0.0617. The number of carbonyl (C=O) groups excluding carboxylic acids is 12. The quantitative estimate of drug-likeness (QED) is 0.0211. The number of non-ortho nitro benzene ring substituents is 1. The summed E-state index contributed by atoms with van der Waals surface area (Å²) in [7, 11) is 0. The molecular formula is C81H78N12O14S. The molecule has 0 saturated heterocycles. The Kier molecular flexibility index (Phi) is 37.7. The van der Waals surface area contributed by atoms with Crippen molar-refractivity contribution >= 4 is 93.6 Å². The number of carbonyl (C=O) groups is 12. The maximum Gasteiger partial charge on any atom is 0.270 e. The number of hydrogen-bond donors (Lipinski definition) is 9. The zero-order chi connectivity index (χ0) is 80.3. The van der Waals surface area contributed by atoms with Gasteiger partial charge in [0.2, 0.25) is 41.4 Å². The molecule has 9 aromatic carbocycles. The summed E-state index contributed by atoms with van der Waals surface area (Å²) < 4.78 is 0. The molecule has 26 nitrogen and oxygen atoms in total. The van der Waals surface area contributed by atoms with Crippen molar-refractivity contribution in [2.45, 2.75) is 33.6 Å². The molecule has 0 atom stereocenters. The van der Waals surface area contributed by atoms with Crippen LogP contribution in [-0.2, 0) is 11.2 Å². The number of aromatic nitrogens is 2. The van der Waals surface area contributed by atoms with Gasteiger partial charge in [-0.2, -0.15) is 0 Å². The number of nitrogens with two attached hydrogens (primary N) is 9. The Hall–Kier alpha value is -14.9. The van der Waals surface area contributed by atoms with Gasteiger partial charge in [-0.3, -0.25) is 72.6 Å². The van der Waals surface area contributed by atoms with Crippen molar-refractivity contribution in [2.24, 2.45) is 51.6 Å². The number of nitro benzene ring substituents is 1. The molecule has 18 N–H and O–H groups in total. The van der Waals surface area contributed by atoms with Gasteiger partial charge in [-0.15, -0.1) is 11.3 Å². The second kappa shape index (κ2) is 46.6. The Morgan fingerprint density at radius 2 is 0.824 bits per heavy atom. The lowest BCUT2D eigenvalue weighted by Crippen LogP contribution is -2.13. The van der Waals surface area contributed by atoms with E-state index in [9.17, 15) is 67.6 Å². The number of hydrogen-bond acceptors (Lipinski definition) is 17. The van der Waals surface area contributed by atoms with Crippen LogP contribution in [0.3, 0.4) is 0 Å². The van der Waals surface area contributed by atoms with Gasteiger partial charge in [0.1, 0.15) is 11.4 Å². The van der Waals surface area contributed by atoms with Gasteiger partial charge in [0.15, 0.2) is 17.3 Å². The molecular weight excluding hydrogens is 1400 g/mol. The smallest absolute Gasteiger partial charge is 0.270 e. The summed E-state index contributed by atoms with van der Waals surface area (Å²) in [6, 6.07) is 71.3. The minimum Gasteiger partial charge on any atom is -0.369 e. The lowest BCUT2D eigenvalue weighted by Gasteiger charge is -2.04. The van der Waals surface area contributed by atoms with Crippen LogP contribution in [0.5, 0.6) is 0 Å². The zero-order valence-electron chi connectivity index (χ0n) is 58.8. The van der Waals surface area contributed by atoms with Gasteiger partial charge >= 0.3 is 0 Å².